The van der Waals surface area contributed by atoms with Gasteiger partial charge in [-0.3, -0.25) is 4.79 Å². The molecular weight excluding hydrogens is 384 g/mol. The molecule has 1 aliphatic heterocycles. The summed E-state index contributed by atoms with van der Waals surface area (Å²) in [7, 11) is -2.13. The van der Waals surface area contributed by atoms with Gasteiger partial charge in [0.05, 0.1) is 12.0 Å². The topological polar surface area (TPSA) is 113 Å². The third kappa shape index (κ3) is 5.45. The van der Waals surface area contributed by atoms with E-state index in [9.17, 15) is 23.1 Å². The molecule has 2 rings (SSSR count). The van der Waals surface area contributed by atoms with Crippen molar-refractivity contribution in [3.63, 3.8) is 0 Å². The van der Waals surface area contributed by atoms with Gasteiger partial charge in [-0.2, -0.15) is 4.31 Å². The van der Waals surface area contributed by atoms with Crippen LogP contribution in [-0.2, 0) is 19.6 Å². The van der Waals surface area contributed by atoms with E-state index in [1.165, 1.54) is 23.5 Å². The lowest BCUT2D eigenvalue weighted by molar-refractivity contribution is -0.143. The Labute approximate surface area is 165 Å². The standard InChI is InChI=1S/C19H28N2O6S/c1-13(2)12-17(19(23)24)20-18(22)14-8-10-21(11-9-14)28(25,26)16-6-4-15(27-3)5-7-16/h4-7,13-14,17H,8-12H2,1-3H3,(H,20,22)(H,23,24)/t17-/m0/s1. The molecule has 1 atom stereocenters. The van der Waals surface area contributed by atoms with E-state index in [-0.39, 0.29) is 29.8 Å². The van der Waals surface area contributed by atoms with Crippen molar-refractivity contribution < 1.29 is 27.9 Å². The third-order valence-electron chi connectivity index (χ3n) is 4.84. The summed E-state index contributed by atoms with van der Waals surface area (Å²) in [6.07, 6.45) is 1.07. The molecule has 1 aromatic rings. The van der Waals surface area contributed by atoms with Crippen LogP contribution in [0.2, 0.25) is 0 Å². The number of piperidine rings is 1. The van der Waals surface area contributed by atoms with Gasteiger partial charge in [-0.15, -0.1) is 0 Å². The highest BCUT2D eigenvalue weighted by molar-refractivity contribution is 7.89. The smallest absolute Gasteiger partial charge is 0.326 e. The fourth-order valence-corrected chi connectivity index (χ4v) is 4.71. The number of hydrogen-bond acceptors (Lipinski definition) is 5. The van der Waals surface area contributed by atoms with E-state index >= 15 is 0 Å². The molecule has 28 heavy (non-hydrogen) atoms. The molecule has 0 saturated carbocycles. The van der Waals surface area contributed by atoms with Crippen LogP contribution in [0.4, 0.5) is 0 Å². The second-order valence-corrected chi connectivity index (χ2v) is 9.32. The van der Waals surface area contributed by atoms with E-state index in [4.69, 9.17) is 4.74 Å². The average molecular weight is 413 g/mol. The summed E-state index contributed by atoms with van der Waals surface area (Å²) in [4.78, 5) is 23.9. The summed E-state index contributed by atoms with van der Waals surface area (Å²) in [6, 6.07) is 5.25. The highest BCUT2D eigenvalue weighted by Gasteiger charge is 2.33. The Morgan fingerprint density at radius 2 is 1.79 bits per heavy atom. The number of benzene rings is 1. The molecule has 0 bridgehead atoms. The fraction of sp³-hybridized carbons (Fsp3) is 0.579. The first-order valence-electron chi connectivity index (χ1n) is 9.32. The van der Waals surface area contributed by atoms with Crippen LogP contribution in [0, 0.1) is 11.8 Å². The second-order valence-electron chi connectivity index (χ2n) is 7.38. The number of nitrogens with zero attached hydrogens (tertiary/aromatic N) is 1. The zero-order chi connectivity index (χ0) is 20.9. The van der Waals surface area contributed by atoms with Crippen LogP contribution in [0.3, 0.4) is 0 Å². The van der Waals surface area contributed by atoms with E-state index in [0.29, 0.717) is 25.0 Å². The van der Waals surface area contributed by atoms with Gasteiger partial charge in [0, 0.05) is 19.0 Å². The number of amides is 1. The Bertz CT molecular complexity index is 783. The largest absolute Gasteiger partial charge is 0.497 e. The minimum atomic E-state index is -3.64. The van der Waals surface area contributed by atoms with Gasteiger partial charge in [0.1, 0.15) is 11.8 Å². The van der Waals surface area contributed by atoms with E-state index in [1.54, 1.807) is 12.1 Å². The van der Waals surface area contributed by atoms with Gasteiger partial charge in [-0.1, -0.05) is 13.8 Å². The highest BCUT2D eigenvalue weighted by Crippen LogP contribution is 2.25. The zero-order valence-electron chi connectivity index (χ0n) is 16.4. The predicted molar refractivity (Wildman–Crippen MR) is 103 cm³/mol. The van der Waals surface area contributed by atoms with Gasteiger partial charge in [0.2, 0.25) is 15.9 Å². The van der Waals surface area contributed by atoms with Crippen LogP contribution in [0.25, 0.3) is 0 Å². The first-order valence-corrected chi connectivity index (χ1v) is 10.8. The Morgan fingerprint density at radius 1 is 1.21 bits per heavy atom. The van der Waals surface area contributed by atoms with Crippen LogP contribution in [0.1, 0.15) is 33.1 Å². The van der Waals surface area contributed by atoms with E-state index in [1.807, 2.05) is 13.8 Å². The Kier molecular flexibility index (Phi) is 7.42. The van der Waals surface area contributed by atoms with Crippen LogP contribution >= 0.6 is 0 Å². The molecule has 1 aliphatic rings. The van der Waals surface area contributed by atoms with Gasteiger partial charge >= 0.3 is 5.97 Å². The molecule has 0 unspecified atom stereocenters. The number of carboxylic acids is 1. The molecule has 1 fully saturated rings. The van der Waals surface area contributed by atoms with E-state index < -0.39 is 28.0 Å². The molecule has 0 spiro atoms. The number of hydrogen-bond donors (Lipinski definition) is 2. The quantitative estimate of drug-likeness (QED) is 0.672. The van der Waals surface area contributed by atoms with Crippen molar-refractivity contribution in [3.8, 4) is 5.75 Å². The Hall–Kier alpha value is -2.13. The van der Waals surface area contributed by atoms with Crippen LogP contribution in [-0.4, -0.2) is 55.9 Å². The molecule has 1 saturated heterocycles. The minimum absolute atomic E-state index is 0.137. The van der Waals surface area contributed by atoms with Crippen molar-refractivity contribution in [1.82, 2.24) is 9.62 Å². The fourth-order valence-electron chi connectivity index (χ4n) is 3.24. The molecule has 8 nitrogen and oxygen atoms in total. The Morgan fingerprint density at radius 3 is 2.25 bits per heavy atom. The van der Waals surface area contributed by atoms with Gasteiger partial charge in [0.15, 0.2) is 0 Å². The lowest BCUT2D eigenvalue weighted by Gasteiger charge is -2.31. The monoisotopic (exact) mass is 412 g/mol. The summed E-state index contributed by atoms with van der Waals surface area (Å²) in [5.41, 5.74) is 0. The summed E-state index contributed by atoms with van der Waals surface area (Å²) >= 11 is 0. The van der Waals surface area contributed by atoms with Crippen molar-refractivity contribution in [2.45, 2.75) is 44.0 Å². The predicted octanol–water partition coefficient (Wildman–Crippen LogP) is 1.71. The molecule has 0 aliphatic carbocycles. The van der Waals surface area contributed by atoms with Crippen molar-refractivity contribution >= 4 is 21.9 Å². The Balaban J connectivity index is 1.97. The number of rotatable bonds is 8. The molecule has 1 heterocycles. The maximum absolute atomic E-state index is 12.8. The zero-order valence-corrected chi connectivity index (χ0v) is 17.2. The lowest BCUT2D eigenvalue weighted by Crippen LogP contribution is -2.47. The number of carbonyl (C=O) groups is 2. The third-order valence-corrected chi connectivity index (χ3v) is 6.76. The number of carboxylic acid groups (broad SMARTS) is 1. The number of aliphatic carboxylic acids is 1. The summed E-state index contributed by atoms with van der Waals surface area (Å²) in [6.45, 7) is 4.22. The lowest BCUT2D eigenvalue weighted by atomic mass is 9.96. The van der Waals surface area contributed by atoms with Crippen molar-refractivity contribution in [1.29, 1.82) is 0 Å². The van der Waals surface area contributed by atoms with E-state index in [2.05, 4.69) is 5.32 Å². The maximum atomic E-state index is 12.8. The van der Waals surface area contributed by atoms with Crippen LogP contribution < -0.4 is 10.1 Å². The van der Waals surface area contributed by atoms with Crippen LogP contribution in [0.15, 0.2) is 29.2 Å². The van der Waals surface area contributed by atoms with Crippen molar-refractivity contribution in [2.24, 2.45) is 11.8 Å². The summed E-state index contributed by atoms with van der Waals surface area (Å²) in [5.74, 6) is -1.06. The van der Waals surface area contributed by atoms with E-state index in [0.717, 1.165) is 0 Å². The number of carbonyl (C=O) groups excluding carboxylic acids is 1. The molecule has 2 N–H and O–H groups in total. The van der Waals surface area contributed by atoms with Crippen molar-refractivity contribution in [2.75, 3.05) is 20.2 Å². The van der Waals surface area contributed by atoms with Crippen LogP contribution in [0.5, 0.6) is 5.75 Å². The molecular formula is C19H28N2O6S. The average Bonchev–Trinajstić information content (AvgIpc) is 2.67. The first-order chi connectivity index (χ1) is 13.1. The molecule has 1 amide bonds. The van der Waals surface area contributed by atoms with Gasteiger partial charge in [-0.05, 0) is 49.4 Å². The normalized spacial score (nSPS) is 17.3. The number of ether oxygens (including phenoxy) is 1. The summed E-state index contributed by atoms with van der Waals surface area (Å²) < 4.78 is 31.9. The first kappa shape index (κ1) is 22.2. The number of methoxy groups -OCH3 is 1. The highest BCUT2D eigenvalue weighted by atomic mass is 32.2. The molecule has 0 aromatic heterocycles. The SMILES string of the molecule is COc1ccc(S(=O)(=O)N2CCC(C(=O)N[C@@H](CC(C)C)C(=O)O)CC2)cc1. The molecule has 0 radical (unpaired) electrons. The minimum Gasteiger partial charge on any atom is -0.497 e. The number of nitrogens with one attached hydrogen (secondary N) is 1. The van der Waals surface area contributed by atoms with Gasteiger partial charge < -0.3 is 15.2 Å². The number of sulfonamides is 1. The molecule has 156 valence electrons. The summed E-state index contributed by atoms with van der Waals surface area (Å²) in [5, 5.41) is 11.9. The van der Waals surface area contributed by atoms with Gasteiger partial charge in [-0.25, -0.2) is 13.2 Å². The second kappa shape index (κ2) is 9.38. The van der Waals surface area contributed by atoms with Gasteiger partial charge in [0.25, 0.3) is 0 Å². The molecule has 9 heteroatoms. The molecule has 1 aromatic carbocycles. The maximum Gasteiger partial charge on any atom is 0.326 e. The van der Waals surface area contributed by atoms with Crippen molar-refractivity contribution in [3.05, 3.63) is 24.3 Å².